The van der Waals surface area contributed by atoms with Crippen molar-refractivity contribution < 1.29 is 4.42 Å². The molecule has 0 fully saturated rings. The molecule has 0 aliphatic heterocycles. The Bertz CT molecular complexity index is 746. The number of fused-ring (bicyclic) bond motifs is 1. The molecule has 0 saturated heterocycles. The number of benzene rings is 1. The monoisotopic (exact) mass is 426 g/mol. The number of aryl methyl sites for hydroxylation is 1. The summed E-state index contributed by atoms with van der Waals surface area (Å²) in [5.74, 6) is 0.834. The zero-order chi connectivity index (χ0) is 22.0. The molecular weight excluding hydrogens is 380 g/mol. The largest absolute Gasteiger partial charge is 0.461 e. The molecule has 0 saturated carbocycles. The maximum atomic E-state index is 12.1. The Morgan fingerprint density at radius 2 is 1.06 bits per heavy atom. The Labute approximate surface area is 190 Å². The average molecular weight is 427 g/mol. The van der Waals surface area contributed by atoms with Crippen LogP contribution in [-0.4, -0.2) is 0 Å². The maximum Gasteiger partial charge on any atom is 0.192 e. The normalized spacial score (nSPS) is 11.4. The van der Waals surface area contributed by atoms with E-state index in [0.717, 1.165) is 18.6 Å². The van der Waals surface area contributed by atoms with Crippen molar-refractivity contribution in [3.8, 4) is 0 Å². The van der Waals surface area contributed by atoms with E-state index in [4.69, 9.17) is 4.42 Å². The van der Waals surface area contributed by atoms with Gasteiger partial charge in [0.05, 0.1) is 5.39 Å². The molecule has 0 spiro atoms. The molecule has 0 aliphatic rings. The molecule has 2 heteroatoms. The molecule has 31 heavy (non-hydrogen) atoms. The highest BCUT2D eigenvalue weighted by Gasteiger charge is 2.04. The molecule has 2 rings (SSSR count). The van der Waals surface area contributed by atoms with Crippen molar-refractivity contribution in [3.05, 3.63) is 46.3 Å². The second-order valence-corrected chi connectivity index (χ2v) is 9.33. The van der Waals surface area contributed by atoms with Gasteiger partial charge in [-0.15, -0.1) is 0 Å². The van der Waals surface area contributed by atoms with Gasteiger partial charge in [-0.2, -0.15) is 0 Å². The van der Waals surface area contributed by atoms with Crippen LogP contribution < -0.4 is 5.43 Å². The fourth-order valence-electron chi connectivity index (χ4n) is 4.48. The molecule has 0 atom stereocenters. The molecule has 1 heterocycles. The SMILES string of the molecule is CCCCCCCCCCCCCCCCCCCCc1cc(=O)c2ccccc2o1. The molecule has 174 valence electrons. The summed E-state index contributed by atoms with van der Waals surface area (Å²) in [6.45, 7) is 2.29. The molecule has 2 nitrogen and oxygen atoms in total. The summed E-state index contributed by atoms with van der Waals surface area (Å²) in [7, 11) is 0. The summed E-state index contributed by atoms with van der Waals surface area (Å²) in [6.07, 6.45) is 25.9. The van der Waals surface area contributed by atoms with E-state index in [0.29, 0.717) is 11.0 Å². The lowest BCUT2D eigenvalue weighted by molar-refractivity contribution is 0.504. The molecule has 2 aromatic rings. The summed E-state index contributed by atoms with van der Waals surface area (Å²) in [5.41, 5.74) is 0.798. The van der Waals surface area contributed by atoms with Crippen LogP contribution in [0.25, 0.3) is 11.0 Å². The first kappa shape index (κ1) is 25.7. The Morgan fingerprint density at radius 3 is 1.58 bits per heavy atom. The van der Waals surface area contributed by atoms with E-state index in [1.165, 1.54) is 109 Å². The lowest BCUT2D eigenvalue weighted by atomic mass is 10.0. The Kier molecular flexibility index (Phi) is 14.1. The Hall–Kier alpha value is -1.57. The molecule has 0 aliphatic carbocycles. The third-order valence-corrected chi connectivity index (χ3v) is 6.46. The summed E-state index contributed by atoms with van der Waals surface area (Å²) < 4.78 is 5.88. The van der Waals surface area contributed by atoms with Crippen LogP contribution in [0.1, 0.15) is 128 Å². The van der Waals surface area contributed by atoms with Crippen molar-refractivity contribution in [2.75, 3.05) is 0 Å². The van der Waals surface area contributed by atoms with Crippen molar-refractivity contribution >= 4 is 11.0 Å². The van der Waals surface area contributed by atoms with Gasteiger partial charge >= 0.3 is 0 Å². The van der Waals surface area contributed by atoms with Crippen LogP contribution in [-0.2, 0) is 6.42 Å². The smallest absolute Gasteiger partial charge is 0.192 e. The minimum absolute atomic E-state index is 0.0826. The number of para-hydroxylation sites is 1. The van der Waals surface area contributed by atoms with Crippen LogP contribution in [0.15, 0.2) is 39.5 Å². The average Bonchev–Trinajstić information content (AvgIpc) is 2.78. The van der Waals surface area contributed by atoms with Gasteiger partial charge in [0.15, 0.2) is 5.43 Å². The third kappa shape index (κ3) is 11.6. The second kappa shape index (κ2) is 17.0. The number of hydrogen-bond acceptors (Lipinski definition) is 2. The van der Waals surface area contributed by atoms with Crippen LogP contribution in [0.2, 0.25) is 0 Å². The lowest BCUT2D eigenvalue weighted by Crippen LogP contribution is -2.02. The Balaban J connectivity index is 1.35. The van der Waals surface area contributed by atoms with E-state index >= 15 is 0 Å². The first-order valence-electron chi connectivity index (χ1n) is 13.3. The van der Waals surface area contributed by atoms with Gasteiger partial charge in [-0.25, -0.2) is 0 Å². The minimum atomic E-state index is 0.0826. The topological polar surface area (TPSA) is 30.2 Å². The van der Waals surface area contributed by atoms with Gasteiger partial charge in [0, 0.05) is 12.5 Å². The Morgan fingerprint density at radius 1 is 0.613 bits per heavy atom. The van der Waals surface area contributed by atoms with Gasteiger partial charge in [0.1, 0.15) is 11.3 Å². The van der Waals surface area contributed by atoms with Crippen molar-refractivity contribution in [2.24, 2.45) is 0 Å². The summed E-state index contributed by atoms with van der Waals surface area (Å²) in [4.78, 5) is 12.1. The second-order valence-electron chi connectivity index (χ2n) is 9.33. The molecule has 0 N–H and O–H groups in total. The van der Waals surface area contributed by atoms with Crippen molar-refractivity contribution in [3.63, 3.8) is 0 Å². The number of rotatable bonds is 19. The number of hydrogen-bond donors (Lipinski definition) is 0. The van der Waals surface area contributed by atoms with Crippen molar-refractivity contribution in [2.45, 2.75) is 129 Å². The first-order valence-corrected chi connectivity index (χ1v) is 13.3. The van der Waals surface area contributed by atoms with Gasteiger partial charge < -0.3 is 4.42 Å². The minimum Gasteiger partial charge on any atom is -0.461 e. The number of unbranched alkanes of at least 4 members (excludes halogenated alkanes) is 17. The van der Waals surface area contributed by atoms with Crippen LogP contribution in [0, 0.1) is 0 Å². The highest BCUT2D eigenvalue weighted by Crippen LogP contribution is 2.16. The fraction of sp³-hybridized carbons (Fsp3) is 0.690. The molecule has 1 aromatic heterocycles. The molecule has 1 aromatic carbocycles. The van der Waals surface area contributed by atoms with E-state index < -0.39 is 0 Å². The highest BCUT2D eigenvalue weighted by molar-refractivity contribution is 5.76. The predicted molar refractivity (Wildman–Crippen MR) is 135 cm³/mol. The standard InChI is InChI=1S/C29H46O2/c1-2-3-4-5-6-7-8-9-10-11-12-13-14-15-16-17-18-19-22-26-25-28(30)27-23-20-21-24-29(27)31-26/h20-21,23-25H,2-19,22H2,1H3. The molecule has 0 radical (unpaired) electrons. The quantitative estimate of drug-likeness (QED) is 0.209. The van der Waals surface area contributed by atoms with Gasteiger partial charge in [-0.05, 0) is 18.6 Å². The maximum absolute atomic E-state index is 12.1. The van der Waals surface area contributed by atoms with Gasteiger partial charge in [0.2, 0.25) is 0 Å². The lowest BCUT2D eigenvalue weighted by Gasteiger charge is -2.04. The van der Waals surface area contributed by atoms with E-state index in [2.05, 4.69) is 6.92 Å². The van der Waals surface area contributed by atoms with Crippen molar-refractivity contribution in [1.29, 1.82) is 0 Å². The van der Waals surface area contributed by atoms with E-state index in [9.17, 15) is 4.79 Å². The van der Waals surface area contributed by atoms with Crippen LogP contribution >= 0.6 is 0 Å². The van der Waals surface area contributed by atoms with Gasteiger partial charge in [-0.1, -0.05) is 128 Å². The van der Waals surface area contributed by atoms with Crippen LogP contribution in [0.4, 0.5) is 0 Å². The van der Waals surface area contributed by atoms with Gasteiger partial charge in [-0.3, -0.25) is 4.79 Å². The van der Waals surface area contributed by atoms with E-state index in [1.807, 2.05) is 24.3 Å². The van der Waals surface area contributed by atoms with Crippen LogP contribution in [0.3, 0.4) is 0 Å². The summed E-state index contributed by atoms with van der Waals surface area (Å²) in [6, 6.07) is 9.20. The summed E-state index contributed by atoms with van der Waals surface area (Å²) >= 11 is 0. The third-order valence-electron chi connectivity index (χ3n) is 6.46. The van der Waals surface area contributed by atoms with E-state index in [-0.39, 0.29) is 5.43 Å². The highest BCUT2D eigenvalue weighted by atomic mass is 16.3. The van der Waals surface area contributed by atoms with Gasteiger partial charge in [0.25, 0.3) is 0 Å². The fourth-order valence-corrected chi connectivity index (χ4v) is 4.48. The predicted octanol–water partition coefficient (Wildman–Crippen LogP) is 9.38. The molecule has 0 unspecified atom stereocenters. The molecule has 0 amide bonds. The zero-order valence-electron chi connectivity index (χ0n) is 20.1. The first-order chi connectivity index (χ1) is 15.3. The van der Waals surface area contributed by atoms with Crippen molar-refractivity contribution in [1.82, 2.24) is 0 Å². The van der Waals surface area contributed by atoms with E-state index in [1.54, 1.807) is 6.07 Å². The zero-order valence-corrected chi connectivity index (χ0v) is 20.1. The molecular formula is C29H46O2. The molecule has 0 bridgehead atoms. The van der Waals surface area contributed by atoms with Crippen LogP contribution in [0.5, 0.6) is 0 Å². The summed E-state index contributed by atoms with van der Waals surface area (Å²) in [5, 5.41) is 0.684.